The molecule has 3 rings (SSSR count). The monoisotopic (exact) mass is 247 g/mol. The van der Waals surface area contributed by atoms with Crippen LogP contribution in [0.1, 0.15) is 0 Å². The van der Waals surface area contributed by atoms with E-state index in [2.05, 4.69) is 36.4 Å². The van der Waals surface area contributed by atoms with Crippen LogP contribution in [-0.4, -0.2) is 14.5 Å². The number of benzene rings is 2. The first-order valence-corrected chi connectivity index (χ1v) is 6.23. The van der Waals surface area contributed by atoms with Crippen molar-refractivity contribution in [1.29, 1.82) is 0 Å². The molecular weight excluding hydrogens is 237 g/mol. The Balaban J connectivity index is 2.57. The van der Waals surface area contributed by atoms with Crippen molar-refractivity contribution in [3.05, 3.63) is 42.5 Å². The van der Waals surface area contributed by atoms with Gasteiger partial charge in [-0.25, -0.2) is 0 Å². The van der Waals surface area contributed by atoms with Gasteiger partial charge in [0.2, 0.25) is 0 Å². The second-order valence-electron chi connectivity index (χ2n) is 3.35. The summed E-state index contributed by atoms with van der Waals surface area (Å²) in [5, 5.41) is 2.76. The Morgan fingerprint density at radius 3 is 2.57 bits per heavy atom. The number of anilines is 1. The Bertz CT molecular complexity index is 610. The van der Waals surface area contributed by atoms with Gasteiger partial charge in [0.05, 0.1) is 0 Å². The summed E-state index contributed by atoms with van der Waals surface area (Å²) in [6, 6.07) is 14.8. The van der Waals surface area contributed by atoms with Crippen molar-refractivity contribution in [2.75, 3.05) is 5.73 Å². The topological polar surface area (TPSA) is 26.0 Å². The molecule has 0 spiro atoms. The molecule has 1 heterocycles. The molecule has 0 aliphatic rings. The summed E-state index contributed by atoms with van der Waals surface area (Å²) in [6.45, 7) is 0. The van der Waals surface area contributed by atoms with E-state index >= 15 is 0 Å². The molecule has 1 nitrogen and oxygen atoms in total. The quantitative estimate of drug-likeness (QED) is 0.479. The Labute approximate surface area is 87.9 Å². The van der Waals surface area contributed by atoms with Gasteiger partial charge in [-0.15, -0.1) is 0 Å². The van der Waals surface area contributed by atoms with Gasteiger partial charge < -0.3 is 0 Å². The molecule has 2 N–H and O–H groups in total. The van der Waals surface area contributed by atoms with Gasteiger partial charge in [0.15, 0.2) is 0 Å². The predicted octanol–water partition coefficient (Wildman–Crippen LogP) is 2.63. The van der Waals surface area contributed by atoms with E-state index in [4.69, 9.17) is 5.73 Å². The van der Waals surface area contributed by atoms with Crippen LogP contribution in [-0.2, 0) is 0 Å². The van der Waals surface area contributed by atoms with E-state index in [1.807, 2.05) is 6.07 Å². The maximum absolute atomic E-state index is 5.78. The van der Waals surface area contributed by atoms with Crippen LogP contribution in [0.5, 0.6) is 0 Å². The molecule has 0 atom stereocenters. The molecule has 3 aromatic rings. The molecule has 2 heteroatoms. The van der Waals surface area contributed by atoms with Crippen LogP contribution in [0.2, 0.25) is 0 Å². The number of nitrogens with two attached hydrogens (primary N) is 1. The normalized spacial score (nSPS) is 11.1. The van der Waals surface area contributed by atoms with Crippen molar-refractivity contribution in [3.63, 3.8) is 0 Å². The molecule has 2 aromatic carbocycles. The van der Waals surface area contributed by atoms with Gasteiger partial charge in [-0.2, -0.15) is 0 Å². The summed E-state index contributed by atoms with van der Waals surface area (Å²) in [5.41, 5.74) is 6.65. The zero-order valence-electron chi connectivity index (χ0n) is 7.53. The van der Waals surface area contributed by atoms with Crippen molar-refractivity contribution in [2.24, 2.45) is 0 Å². The molecular formula is C12H9NSe. The van der Waals surface area contributed by atoms with Crippen LogP contribution in [0.3, 0.4) is 0 Å². The van der Waals surface area contributed by atoms with Gasteiger partial charge in [-0.1, -0.05) is 0 Å². The number of fused-ring (bicyclic) bond motifs is 3. The molecule has 1 aromatic heterocycles. The standard InChI is InChI=1S/C12H9NSe/c13-8-5-6-10-9-3-1-2-4-11(9)14-12(10)7-8/h1-7H,13H2. The van der Waals surface area contributed by atoms with Crippen molar-refractivity contribution >= 4 is 39.5 Å². The third-order valence-corrected chi connectivity index (χ3v) is 4.78. The van der Waals surface area contributed by atoms with Crippen molar-refractivity contribution in [1.82, 2.24) is 0 Å². The predicted molar refractivity (Wildman–Crippen MR) is 62.8 cm³/mol. The first-order chi connectivity index (χ1) is 6.84. The molecule has 0 bridgehead atoms. The zero-order chi connectivity index (χ0) is 9.54. The minimum absolute atomic E-state index is 0.446. The molecule has 0 fully saturated rings. The van der Waals surface area contributed by atoms with E-state index < -0.39 is 0 Å². The summed E-state index contributed by atoms with van der Waals surface area (Å²) < 4.78 is 2.89. The molecule has 68 valence electrons. The number of nitrogen functional groups attached to an aromatic ring is 1. The summed E-state index contributed by atoms with van der Waals surface area (Å²) in [6.07, 6.45) is 0. The molecule has 0 aliphatic carbocycles. The van der Waals surface area contributed by atoms with E-state index in [1.165, 1.54) is 19.3 Å². The summed E-state index contributed by atoms with van der Waals surface area (Å²) >= 11 is 0.446. The van der Waals surface area contributed by atoms with Gasteiger partial charge in [-0.05, 0) is 0 Å². The van der Waals surface area contributed by atoms with E-state index in [-0.39, 0.29) is 0 Å². The average molecular weight is 246 g/mol. The fraction of sp³-hybridized carbons (Fsp3) is 0. The Kier molecular flexibility index (Phi) is 1.66. The van der Waals surface area contributed by atoms with Gasteiger partial charge >= 0.3 is 87.7 Å². The van der Waals surface area contributed by atoms with E-state index in [1.54, 1.807) is 0 Å². The second-order valence-corrected chi connectivity index (χ2v) is 5.63. The van der Waals surface area contributed by atoms with Crippen molar-refractivity contribution in [2.45, 2.75) is 0 Å². The van der Waals surface area contributed by atoms with E-state index in [0.29, 0.717) is 14.5 Å². The van der Waals surface area contributed by atoms with Gasteiger partial charge in [0.25, 0.3) is 0 Å². The van der Waals surface area contributed by atoms with Crippen LogP contribution in [0.15, 0.2) is 42.5 Å². The number of rotatable bonds is 0. The van der Waals surface area contributed by atoms with Crippen LogP contribution in [0.4, 0.5) is 5.69 Å². The third-order valence-electron chi connectivity index (χ3n) is 2.40. The molecule has 0 radical (unpaired) electrons. The minimum atomic E-state index is 0.446. The molecule has 14 heavy (non-hydrogen) atoms. The van der Waals surface area contributed by atoms with Gasteiger partial charge in [-0.3, -0.25) is 0 Å². The summed E-state index contributed by atoms with van der Waals surface area (Å²) in [4.78, 5) is 0. The van der Waals surface area contributed by atoms with Crippen molar-refractivity contribution < 1.29 is 0 Å². The van der Waals surface area contributed by atoms with Gasteiger partial charge in [0, 0.05) is 0 Å². The van der Waals surface area contributed by atoms with E-state index in [9.17, 15) is 0 Å². The van der Waals surface area contributed by atoms with E-state index in [0.717, 1.165) is 5.69 Å². The van der Waals surface area contributed by atoms with Crippen LogP contribution >= 0.6 is 0 Å². The fourth-order valence-corrected chi connectivity index (χ4v) is 4.16. The zero-order valence-corrected chi connectivity index (χ0v) is 9.24. The van der Waals surface area contributed by atoms with Gasteiger partial charge in [0.1, 0.15) is 0 Å². The van der Waals surface area contributed by atoms with Crippen molar-refractivity contribution in [3.8, 4) is 0 Å². The van der Waals surface area contributed by atoms with Crippen LogP contribution < -0.4 is 5.73 Å². The first-order valence-electron chi connectivity index (χ1n) is 4.51. The van der Waals surface area contributed by atoms with Crippen LogP contribution in [0, 0.1) is 0 Å². The fourth-order valence-electron chi connectivity index (χ4n) is 1.74. The second kappa shape index (κ2) is 2.88. The molecule has 0 amide bonds. The molecule has 0 saturated carbocycles. The Morgan fingerprint density at radius 2 is 1.64 bits per heavy atom. The Hall–Kier alpha value is -1.24. The molecule has 0 aliphatic heterocycles. The third kappa shape index (κ3) is 1.08. The van der Waals surface area contributed by atoms with Crippen LogP contribution in [0.25, 0.3) is 19.3 Å². The SMILES string of the molecule is Nc1ccc2c(c1)[se]c1ccccc12. The summed E-state index contributed by atoms with van der Waals surface area (Å²) in [5.74, 6) is 0. The Morgan fingerprint density at radius 1 is 0.857 bits per heavy atom. The average Bonchev–Trinajstić information content (AvgIpc) is 2.54. The molecule has 0 saturated heterocycles. The first kappa shape index (κ1) is 8.10. The molecule has 0 unspecified atom stereocenters. The maximum atomic E-state index is 5.78. The number of hydrogen-bond donors (Lipinski definition) is 1. The summed E-state index contributed by atoms with van der Waals surface area (Å²) in [7, 11) is 0. The number of hydrogen-bond acceptors (Lipinski definition) is 1.